The normalized spacial score (nSPS) is 20.0. The number of amides is 1. The van der Waals surface area contributed by atoms with Gasteiger partial charge in [0.05, 0.1) is 24.0 Å². The maximum absolute atomic E-state index is 12.7. The molecule has 1 saturated heterocycles. The number of ether oxygens (including phenoxy) is 3. The first kappa shape index (κ1) is 19.8. The van der Waals surface area contributed by atoms with Crippen molar-refractivity contribution in [2.45, 2.75) is 44.8 Å². The minimum atomic E-state index is -0.257. The van der Waals surface area contributed by atoms with Crippen LogP contribution in [0.15, 0.2) is 30.6 Å². The minimum Gasteiger partial charge on any atom is -0.483 e. The Hall–Kier alpha value is -2.54. The number of para-hydroxylation sites is 1. The number of fused-ring (bicyclic) bond motifs is 1. The van der Waals surface area contributed by atoms with Crippen LogP contribution in [0.5, 0.6) is 17.5 Å². The Morgan fingerprint density at radius 3 is 2.93 bits per heavy atom. The van der Waals surface area contributed by atoms with Crippen molar-refractivity contribution in [1.29, 1.82) is 0 Å². The molecule has 0 saturated carbocycles. The van der Waals surface area contributed by atoms with Gasteiger partial charge in [0.1, 0.15) is 11.7 Å². The Labute approximate surface area is 174 Å². The largest absolute Gasteiger partial charge is 0.483 e. The zero-order chi connectivity index (χ0) is 20.4. The van der Waals surface area contributed by atoms with Crippen LogP contribution in [0.25, 0.3) is 0 Å². The second-order valence-corrected chi connectivity index (χ2v) is 8.41. The van der Waals surface area contributed by atoms with E-state index < -0.39 is 0 Å². The monoisotopic (exact) mass is 417 g/mol. The van der Waals surface area contributed by atoms with E-state index in [2.05, 4.69) is 9.97 Å². The molecule has 0 aliphatic carbocycles. The number of aromatic nitrogens is 2. The fourth-order valence-electron chi connectivity index (χ4n) is 3.70. The third-order valence-electron chi connectivity index (χ3n) is 5.01. The minimum absolute atomic E-state index is 0.0373. The van der Waals surface area contributed by atoms with E-state index in [1.165, 1.54) is 12.4 Å². The zero-order valence-corrected chi connectivity index (χ0v) is 17.3. The van der Waals surface area contributed by atoms with Crippen LogP contribution in [0.2, 0.25) is 5.02 Å². The van der Waals surface area contributed by atoms with Gasteiger partial charge in [-0.2, -0.15) is 0 Å². The van der Waals surface area contributed by atoms with Crippen molar-refractivity contribution in [3.05, 3.63) is 41.2 Å². The number of carbonyl (C=O) groups is 1. The van der Waals surface area contributed by atoms with E-state index >= 15 is 0 Å². The second kappa shape index (κ2) is 8.06. The number of benzene rings is 1. The van der Waals surface area contributed by atoms with E-state index in [9.17, 15) is 4.79 Å². The lowest BCUT2D eigenvalue weighted by Gasteiger charge is -2.32. The molecule has 0 bridgehead atoms. The van der Waals surface area contributed by atoms with Gasteiger partial charge in [0.2, 0.25) is 0 Å². The van der Waals surface area contributed by atoms with E-state index in [0.29, 0.717) is 23.9 Å². The first-order chi connectivity index (χ1) is 13.9. The molecule has 0 unspecified atom stereocenters. The number of rotatable bonds is 5. The predicted octanol–water partition coefficient (Wildman–Crippen LogP) is 3.29. The van der Waals surface area contributed by atoms with Gasteiger partial charge >= 0.3 is 6.01 Å². The van der Waals surface area contributed by atoms with Gasteiger partial charge < -0.3 is 19.1 Å². The first-order valence-corrected chi connectivity index (χ1v) is 10.1. The maximum Gasteiger partial charge on any atom is 0.316 e. The zero-order valence-electron chi connectivity index (χ0n) is 16.6. The van der Waals surface area contributed by atoms with Gasteiger partial charge in [0.15, 0.2) is 18.1 Å². The number of hydrogen-bond acceptors (Lipinski definition) is 6. The standard InChI is InChI=1S/C21H24ClN3O4/c1-21(2)9-14-5-3-7-17(19(14)29-21)27-13-18(26)25-8-4-6-16(12-25)28-20-23-10-15(22)11-24-20/h3,5,7,10-11,16H,4,6,8-9,12-13H2,1-2H3/t16-/m0/s1. The van der Waals surface area contributed by atoms with Crippen molar-refractivity contribution < 1.29 is 19.0 Å². The van der Waals surface area contributed by atoms with Gasteiger partial charge in [-0.3, -0.25) is 4.79 Å². The molecule has 29 heavy (non-hydrogen) atoms. The Bertz CT molecular complexity index is 888. The van der Waals surface area contributed by atoms with Gasteiger partial charge in [-0.25, -0.2) is 9.97 Å². The highest BCUT2D eigenvalue weighted by Crippen LogP contribution is 2.41. The van der Waals surface area contributed by atoms with E-state index in [-0.39, 0.29) is 30.2 Å². The molecule has 1 amide bonds. The summed E-state index contributed by atoms with van der Waals surface area (Å²) in [5, 5.41) is 0.453. The molecular weight excluding hydrogens is 394 g/mol. The van der Waals surface area contributed by atoms with Crippen molar-refractivity contribution in [2.75, 3.05) is 19.7 Å². The first-order valence-electron chi connectivity index (χ1n) is 9.75. The summed E-state index contributed by atoms with van der Waals surface area (Å²) in [6.07, 6.45) is 5.34. The molecule has 1 aromatic heterocycles. The molecule has 8 heteroatoms. The maximum atomic E-state index is 12.7. The molecular formula is C21H24ClN3O4. The molecule has 2 aliphatic rings. The highest BCUT2D eigenvalue weighted by Gasteiger charge is 2.33. The Kier molecular flexibility index (Phi) is 5.50. The van der Waals surface area contributed by atoms with Crippen molar-refractivity contribution in [1.82, 2.24) is 14.9 Å². The van der Waals surface area contributed by atoms with Crippen LogP contribution in [-0.4, -0.2) is 52.2 Å². The number of piperidine rings is 1. The molecule has 1 atom stereocenters. The Morgan fingerprint density at radius 2 is 2.14 bits per heavy atom. The lowest BCUT2D eigenvalue weighted by Crippen LogP contribution is -2.46. The summed E-state index contributed by atoms with van der Waals surface area (Å²) in [5.41, 5.74) is 0.849. The third-order valence-corrected chi connectivity index (χ3v) is 5.20. The third kappa shape index (κ3) is 4.72. The number of halogens is 1. The van der Waals surface area contributed by atoms with Crippen LogP contribution in [-0.2, 0) is 11.2 Å². The molecule has 4 rings (SSSR count). The fraction of sp³-hybridized carbons (Fsp3) is 0.476. The van der Waals surface area contributed by atoms with E-state index in [1.807, 2.05) is 32.0 Å². The predicted molar refractivity (Wildman–Crippen MR) is 108 cm³/mol. The molecule has 0 N–H and O–H groups in total. The summed E-state index contributed by atoms with van der Waals surface area (Å²) < 4.78 is 17.6. The molecule has 0 radical (unpaired) electrons. The molecule has 7 nitrogen and oxygen atoms in total. The summed E-state index contributed by atoms with van der Waals surface area (Å²) in [4.78, 5) is 22.6. The van der Waals surface area contributed by atoms with Crippen LogP contribution < -0.4 is 14.2 Å². The van der Waals surface area contributed by atoms with Gasteiger partial charge in [-0.1, -0.05) is 23.7 Å². The van der Waals surface area contributed by atoms with Crippen molar-refractivity contribution in [3.63, 3.8) is 0 Å². The molecule has 154 valence electrons. The van der Waals surface area contributed by atoms with Gasteiger partial charge in [-0.15, -0.1) is 0 Å². The summed E-state index contributed by atoms with van der Waals surface area (Å²) >= 11 is 5.80. The second-order valence-electron chi connectivity index (χ2n) is 7.98. The molecule has 2 aliphatic heterocycles. The van der Waals surface area contributed by atoms with Gasteiger partial charge in [-0.05, 0) is 32.8 Å². The smallest absolute Gasteiger partial charge is 0.316 e. The Balaban J connectivity index is 1.33. The fourth-order valence-corrected chi connectivity index (χ4v) is 3.80. The number of nitrogens with zero attached hydrogens (tertiary/aromatic N) is 3. The Morgan fingerprint density at radius 1 is 1.34 bits per heavy atom. The van der Waals surface area contributed by atoms with Crippen molar-refractivity contribution in [2.24, 2.45) is 0 Å². The van der Waals surface area contributed by atoms with Crippen molar-refractivity contribution in [3.8, 4) is 17.5 Å². The topological polar surface area (TPSA) is 73.8 Å². The molecule has 3 heterocycles. The van der Waals surface area contributed by atoms with Crippen LogP contribution in [0, 0.1) is 0 Å². The van der Waals surface area contributed by atoms with Gasteiger partial charge in [0, 0.05) is 18.5 Å². The highest BCUT2D eigenvalue weighted by atomic mass is 35.5. The average Bonchev–Trinajstić information content (AvgIpc) is 3.02. The number of likely N-dealkylation sites (tertiary alicyclic amines) is 1. The summed E-state index contributed by atoms with van der Waals surface area (Å²) in [7, 11) is 0. The molecule has 1 fully saturated rings. The highest BCUT2D eigenvalue weighted by molar-refractivity contribution is 6.30. The number of hydrogen-bond donors (Lipinski definition) is 0. The van der Waals surface area contributed by atoms with Crippen molar-refractivity contribution >= 4 is 17.5 Å². The van der Waals surface area contributed by atoms with Crippen LogP contribution >= 0.6 is 11.6 Å². The summed E-state index contributed by atoms with van der Waals surface area (Å²) in [5.74, 6) is 1.27. The van der Waals surface area contributed by atoms with E-state index in [1.54, 1.807) is 4.90 Å². The number of carbonyl (C=O) groups excluding carboxylic acids is 1. The van der Waals surface area contributed by atoms with Crippen LogP contribution in [0.3, 0.4) is 0 Å². The van der Waals surface area contributed by atoms with E-state index in [0.717, 1.165) is 30.6 Å². The van der Waals surface area contributed by atoms with Crippen LogP contribution in [0.1, 0.15) is 32.3 Å². The average molecular weight is 418 g/mol. The van der Waals surface area contributed by atoms with E-state index in [4.69, 9.17) is 25.8 Å². The summed E-state index contributed by atoms with van der Waals surface area (Å²) in [6, 6.07) is 6.07. The summed E-state index contributed by atoms with van der Waals surface area (Å²) in [6.45, 7) is 5.20. The lowest BCUT2D eigenvalue weighted by atomic mass is 10.0. The SMILES string of the molecule is CC1(C)Cc2cccc(OCC(=O)N3CCC[C@H](Oc4ncc(Cl)cn4)C3)c2O1. The quantitative estimate of drug-likeness (QED) is 0.743. The molecule has 0 spiro atoms. The van der Waals surface area contributed by atoms with Crippen LogP contribution in [0.4, 0.5) is 0 Å². The molecule has 1 aromatic carbocycles. The lowest BCUT2D eigenvalue weighted by molar-refractivity contribution is -0.136. The van der Waals surface area contributed by atoms with Gasteiger partial charge in [0.25, 0.3) is 5.91 Å². The molecule has 2 aromatic rings.